The molecule has 0 aromatic heterocycles. The van der Waals surface area contributed by atoms with Gasteiger partial charge >= 0.3 is 0 Å². The van der Waals surface area contributed by atoms with Gasteiger partial charge in [0.1, 0.15) is 5.71 Å². The van der Waals surface area contributed by atoms with Crippen LogP contribution in [-0.4, -0.2) is 32.4 Å². The number of thioether (sulfide) groups is 1. The normalized spacial score (nSPS) is 20.7. The van der Waals surface area contributed by atoms with E-state index in [0.717, 1.165) is 17.3 Å². The summed E-state index contributed by atoms with van der Waals surface area (Å²) in [6.45, 7) is 1.93. The minimum absolute atomic E-state index is 0.104. The monoisotopic (exact) mass is 471 g/mol. The van der Waals surface area contributed by atoms with Gasteiger partial charge in [0.15, 0.2) is 5.17 Å². The number of nitro benzene ring substituents is 1. The molecule has 0 bridgehead atoms. The molecule has 1 unspecified atom stereocenters. The van der Waals surface area contributed by atoms with Crippen molar-refractivity contribution >= 4 is 51.5 Å². The highest BCUT2D eigenvalue weighted by atomic mass is 32.2. The summed E-state index contributed by atoms with van der Waals surface area (Å²) in [7, 11) is 0. The summed E-state index contributed by atoms with van der Waals surface area (Å²) in [6, 6.07) is 21.8. The number of hydrogen-bond acceptors (Lipinski definition) is 7. The van der Waals surface area contributed by atoms with Crippen LogP contribution in [-0.2, 0) is 9.59 Å². The lowest BCUT2D eigenvalue weighted by Crippen LogP contribution is -2.50. The van der Waals surface area contributed by atoms with Gasteiger partial charge in [0.25, 0.3) is 17.5 Å². The fourth-order valence-corrected chi connectivity index (χ4v) is 4.93. The largest absolute Gasteiger partial charge is 0.303 e. The Morgan fingerprint density at radius 3 is 2.44 bits per heavy atom. The quantitative estimate of drug-likeness (QED) is 0.351. The van der Waals surface area contributed by atoms with Gasteiger partial charge in [-0.3, -0.25) is 19.7 Å². The zero-order valence-corrected chi connectivity index (χ0v) is 18.7. The van der Waals surface area contributed by atoms with Gasteiger partial charge in [0, 0.05) is 17.7 Å². The highest BCUT2D eigenvalue weighted by Crippen LogP contribution is 2.43. The van der Waals surface area contributed by atoms with E-state index in [9.17, 15) is 19.7 Å². The molecule has 3 aromatic rings. The van der Waals surface area contributed by atoms with Gasteiger partial charge in [0.2, 0.25) is 4.75 Å². The average Bonchev–Trinajstić information content (AvgIpc) is 3.31. The van der Waals surface area contributed by atoms with Crippen molar-refractivity contribution in [3.63, 3.8) is 0 Å². The number of nitrogens with zero attached hydrogens (tertiary/aromatic N) is 4. The lowest BCUT2D eigenvalue weighted by atomic mass is 9.94. The summed E-state index contributed by atoms with van der Waals surface area (Å²) in [5.74, 6) is -1.10. The number of nitrogens with one attached hydrogen (secondary N) is 1. The van der Waals surface area contributed by atoms with Crippen molar-refractivity contribution in [3.8, 4) is 0 Å². The Morgan fingerprint density at radius 1 is 1.03 bits per heavy atom. The first kappa shape index (κ1) is 21.5. The van der Waals surface area contributed by atoms with Crippen LogP contribution in [0.4, 0.5) is 17.1 Å². The fraction of sp³-hybridized carbons (Fsp3) is 0.0833. The number of anilines is 1. The van der Waals surface area contributed by atoms with Crippen molar-refractivity contribution in [2.45, 2.75) is 11.7 Å². The first-order valence-corrected chi connectivity index (χ1v) is 11.1. The standard InChI is InChI=1S/C24H17N5O4S/c1-15-6-5-7-17(14-15)25-23-26-21(30)24(34-23)20(16-10-12-19(13-11-16)29(32)33)27-28(22(24)31)18-8-3-2-4-9-18/h2-14H,1H3,(H,25,26,30). The average molecular weight is 471 g/mol. The van der Waals surface area contributed by atoms with Crippen molar-refractivity contribution < 1.29 is 14.5 Å². The summed E-state index contributed by atoms with van der Waals surface area (Å²) in [6.07, 6.45) is 0. The number of aliphatic imine (C=N–C) groups is 1. The topological polar surface area (TPSA) is 117 Å². The van der Waals surface area contributed by atoms with Crippen LogP contribution >= 0.6 is 11.8 Å². The maximum Gasteiger partial charge on any atom is 0.280 e. The summed E-state index contributed by atoms with van der Waals surface area (Å²) >= 11 is 0.983. The zero-order chi connectivity index (χ0) is 23.9. The van der Waals surface area contributed by atoms with Crippen LogP contribution in [0.15, 0.2) is 89.0 Å². The molecule has 1 saturated heterocycles. The predicted molar refractivity (Wildman–Crippen MR) is 130 cm³/mol. The van der Waals surface area contributed by atoms with Crippen LogP contribution in [0.1, 0.15) is 11.1 Å². The Balaban J connectivity index is 1.61. The Bertz CT molecular complexity index is 1390. The maximum absolute atomic E-state index is 13.7. The van der Waals surface area contributed by atoms with E-state index in [2.05, 4.69) is 15.4 Å². The lowest BCUT2D eigenvalue weighted by molar-refractivity contribution is -0.384. The second kappa shape index (κ2) is 8.23. The van der Waals surface area contributed by atoms with Crippen LogP contribution in [0.2, 0.25) is 0 Å². The van der Waals surface area contributed by atoms with Crippen molar-refractivity contribution in [3.05, 3.63) is 100 Å². The molecule has 5 rings (SSSR count). The molecule has 1 atom stereocenters. The Morgan fingerprint density at radius 2 is 1.76 bits per heavy atom. The van der Waals surface area contributed by atoms with Gasteiger partial charge in [-0.15, -0.1) is 0 Å². The molecule has 0 aliphatic carbocycles. The number of non-ortho nitro benzene ring substituents is 1. The molecule has 1 N–H and O–H groups in total. The van der Waals surface area contributed by atoms with Gasteiger partial charge in [-0.05, 0) is 48.9 Å². The van der Waals surface area contributed by atoms with E-state index in [1.807, 2.05) is 31.2 Å². The molecule has 34 heavy (non-hydrogen) atoms. The molecule has 0 radical (unpaired) electrons. The van der Waals surface area contributed by atoms with Crippen LogP contribution in [0, 0.1) is 17.0 Å². The molecule has 0 saturated carbocycles. The first-order valence-electron chi connectivity index (χ1n) is 10.3. The van der Waals surface area contributed by atoms with E-state index in [0.29, 0.717) is 16.9 Å². The van der Waals surface area contributed by atoms with Crippen LogP contribution < -0.4 is 10.3 Å². The second-order valence-electron chi connectivity index (χ2n) is 7.70. The smallest absolute Gasteiger partial charge is 0.280 e. The second-order valence-corrected chi connectivity index (χ2v) is 8.90. The van der Waals surface area contributed by atoms with Crippen LogP contribution in [0.3, 0.4) is 0 Å². The Hall–Kier alpha value is -4.31. The third-order valence-electron chi connectivity index (χ3n) is 5.40. The number of nitro groups is 1. The molecule has 10 heteroatoms. The minimum atomic E-state index is -1.71. The molecular weight excluding hydrogens is 454 g/mol. The third-order valence-corrected chi connectivity index (χ3v) is 6.65. The number of carbonyl (C=O) groups excluding carboxylic acids is 2. The number of amides is 2. The number of rotatable bonds is 4. The number of para-hydroxylation sites is 1. The molecule has 2 aliphatic rings. The molecule has 9 nitrogen and oxygen atoms in total. The molecule has 168 valence electrons. The summed E-state index contributed by atoms with van der Waals surface area (Å²) < 4.78 is -1.71. The molecule has 3 aromatic carbocycles. The van der Waals surface area contributed by atoms with E-state index in [-0.39, 0.29) is 16.6 Å². The van der Waals surface area contributed by atoms with E-state index in [1.54, 1.807) is 30.3 Å². The predicted octanol–water partition coefficient (Wildman–Crippen LogP) is 3.94. The molecule has 2 amide bonds. The first-order chi connectivity index (χ1) is 16.4. The maximum atomic E-state index is 13.7. The highest BCUT2D eigenvalue weighted by Gasteiger charge is 2.63. The Kier molecular flexibility index (Phi) is 5.21. The fourth-order valence-electron chi connectivity index (χ4n) is 3.78. The summed E-state index contributed by atoms with van der Waals surface area (Å²) in [5, 5.41) is 19.8. The number of carbonyl (C=O) groups is 2. The van der Waals surface area contributed by atoms with Gasteiger partial charge in [-0.2, -0.15) is 10.1 Å². The lowest BCUT2D eigenvalue weighted by Gasteiger charge is -2.19. The van der Waals surface area contributed by atoms with E-state index in [1.165, 1.54) is 29.3 Å². The van der Waals surface area contributed by atoms with E-state index >= 15 is 0 Å². The molecule has 2 heterocycles. The zero-order valence-electron chi connectivity index (χ0n) is 17.8. The molecular formula is C24H17N5O4S. The van der Waals surface area contributed by atoms with Crippen molar-refractivity contribution in [1.82, 2.24) is 5.32 Å². The Labute approximate surface area is 198 Å². The number of amidine groups is 1. The van der Waals surface area contributed by atoms with Gasteiger partial charge in [-0.1, -0.05) is 42.1 Å². The van der Waals surface area contributed by atoms with Crippen molar-refractivity contribution in [1.29, 1.82) is 0 Å². The van der Waals surface area contributed by atoms with Gasteiger partial charge in [0.05, 0.1) is 16.3 Å². The van der Waals surface area contributed by atoms with Crippen LogP contribution in [0.25, 0.3) is 0 Å². The van der Waals surface area contributed by atoms with Gasteiger partial charge in [-0.25, -0.2) is 4.99 Å². The molecule has 1 fully saturated rings. The summed E-state index contributed by atoms with van der Waals surface area (Å²) in [5.41, 5.74) is 2.66. The molecule has 2 aliphatic heterocycles. The number of aryl methyl sites for hydroxylation is 1. The van der Waals surface area contributed by atoms with E-state index < -0.39 is 21.5 Å². The van der Waals surface area contributed by atoms with Gasteiger partial charge < -0.3 is 5.32 Å². The van der Waals surface area contributed by atoms with Crippen LogP contribution in [0.5, 0.6) is 0 Å². The molecule has 1 spiro atoms. The van der Waals surface area contributed by atoms with Crippen molar-refractivity contribution in [2.24, 2.45) is 10.1 Å². The minimum Gasteiger partial charge on any atom is -0.303 e. The van der Waals surface area contributed by atoms with E-state index in [4.69, 9.17) is 0 Å². The number of hydrazone groups is 1. The van der Waals surface area contributed by atoms with Crippen molar-refractivity contribution in [2.75, 3.05) is 5.01 Å². The highest BCUT2D eigenvalue weighted by molar-refractivity contribution is 8.17. The number of benzene rings is 3. The SMILES string of the molecule is Cc1cccc(N=C2NC(=O)C3(S2)C(=O)N(c2ccccc2)N=C3c2ccc([N+](=O)[O-])cc2)c1. The summed E-state index contributed by atoms with van der Waals surface area (Å²) in [4.78, 5) is 42.2. The number of hydrogen-bond donors (Lipinski definition) is 1. The third kappa shape index (κ3) is 3.54.